The lowest BCUT2D eigenvalue weighted by Gasteiger charge is -2.45. The highest BCUT2D eigenvalue weighted by atomic mass is 16.5. The number of hydrogen-bond donors (Lipinski definition) is 0. The number of carbonyl (C=O) groups is 3. The Morgan fingerprint density at radius 1 is 0.650 bits per heavy atom. The molecule has 5 nitrogen and oxygen atoms in total. The molecule has 5 heteroatoms. The summed E-state index contributed by atoms with van der Waals surface area (Å²) in [5.41, 5.74) is 5.57. The fraction of sp³-hybridized carbons (Fsp3) is 0.400. The van der Waals surface area contributed by atoms with Gasteiger partial charge < -0.3 is 4.74 Å². The molecule has 0 aromatic heterocycles. The maximum Gasteiger partial charge on any atom is 0.338 e. The van der Waals surface area contributed by atoms with Gasteiger partial charge in [0.05, 0.1) is 29.7 Å². The van der Waals surface area contributed by atoms with Gasteiger partial charge in [0.25, 0.3) is 0 Å². The van der Waals surface area contributed by atoms with Crippen LogP contribution in [0.1, 0.15) is 103 Å². The molecule has 0 saturated carbocycles. The van der Waals surface area contributed by atoms with E-state index in [1.54, 1.807) is 24.3 Å². The van der Waals surface area contributed by atoms with Crippen molar-refractivity contribution in [1.29, 1.82) is 0 Å². The van der Waals surface area contributed by atoms with E-state index in [-0.39, 0.29) is 29.6 Å². The van der Waals surface area contributed by atoms with Crippen LogP contribution in [-0.4, -0.2) is 24.4 Å². The van der Waals surface area contributed by atoms with Gasteiger partial charge in [-0.15, -0.1) is 0 Å². The van der Waals surface area contributed by atoms with Crippen molar-refractivity contribution < 1.29 is 19.1 Å². The Kier molecular flexibility index (Phi) is 7.55. The smallest absolute Gasteiger partial charge is 0.338 e. The SMILES string of the molecule is CCCCCCCCCCOC(=O)c1ccc(N2C(=O)C3C4c5ccccc5C(c5ccccc54)C3C2=O)cc1. The third kappa shape index (κ3) is 4.55. The Hall–Kier alpha value is -3.73. The van der Waals surface area contributed by atoms with E-state index in [4.69, 9.17) is 4.74 Å². The highest BCUT2D eigenvalue weighted by Crippen LogP contribution is 2.61. The molecule has 4 aliphatic rings. The summed E-state index contributed by atoms with van der Waals surface area (Å²) in [6, 6.07) is 23.2. The fourth-order valence-electron chi connectivity index (χ4n) is 7.16. The molecule has 1 aliphatic heterocycles. The van der Waals surface area contributed by atoms with Crippen molar-refractivity contribution in [2.45, 2.75) is 70.1 Å². The van der Waals surface area contributed by atoms with Crippen molar-refractivity contribution in [3.8, 4) is 0 Å². The quantitative estimate of drug-likeness (QED) is 0.146. The summed E-state index contributed by atoms with van der Waals surface area (Å²) >= 11 is 0. The Morgan fingerprint density at radius 2 is 1.10 bits per heavy atom. The zero-order chi connectivity index (χ0) is 27.6. The van der Waals surface area contributed by atoms with E-state index in [1.165, 1.54) is 43.4 Å². The normalized spacial score (nSPS) is 22.2. The topological polar surface area (TPSA) is 63.7 Å². The second-order valence-corrected chi connectivity index (χ2v) is 11.4. The molecule has 206 valence electrons. The molecular weight excluding hydrogens is 498 g/mol. The molecule has 1 saturated heterocycles. The minimum Gasteiger partial charge on any atom is -0.462 e. The summed E-state index contributed by atoms with van der Waals surface area (Å²) in [6.07, 6.45) is 9.50. The minimum atomic E-state index is -0.418. The van der Waals surface area contributed by atoms with Crippen molar-refractivity contribution in [3.05, 3.63) is 101 Å². The number of carbonyl (C=O) groups excluding carboxylic acids is 3. The zero-order valence-electron chi connectivity index (χ0n) is 23.2. The molecule has 0 N–H and O–H groups in total. The number of unbranched alkanes of at least 4 members (excludes halogenated alkanes) is 7. The summed E-state index contributed by atoms with van der Waals surface area (Å²) in [6.45, 7) is 2.63. The van der Waals surface area contributed by atoms with Gasteiger partial charge in [0.2, 0.25) is 11.8 Å². The average Bonchev–Trinajstić information content (AvgIpc) is 3.26. The molecule has 7 rings (SSSR count). The number of rotatable bonds is 11. The largest absolute Gasteiger partial charge is 0.462 e. The first-order valence-corrected chi connectivity index (χ1v) is 14.9. The molecule has 2 unspecified atom stereocenters. The summed E-state index contributed by atoms with van der Waals surface area (Å²) < 4.78 is 5.48. The van der Waals surface area contributed by atoms with Gasteiger partial charge in [-0.3, -0.25) is 9.59 Å². The third-order valence-corrected chi connectivity index (χ3v) is 9.04. The van der Waals surface area contributed by atoms with Crippen molar-refractivity contribution >= 4 is 23.5 Å². The van der Waals surface area contributed by atoms with Crippen LogP contribution in [0.25, 0.3) is 0 Å². The monoisotopic (exact) mass is 535 g/mol. The first-order chi connectivity index (χ1) is 19.6. The van der Waals surface area contributed by atoms with Crippen LogP contribution in [0.2, 0.25) is 0 Å². The van der Waals surface area contributed by atoms with Crippen LogP contribution in [0, 0.1) is 11.8 Å². The molecule has 3 aliphatic carbocycles. The first kappa shape index (κ1) is 26.5. The molecule has 0 radical (unpaired) electrons. The van der Waals surface area contributed by atoms with E-state index in [0.717, 1.165) is 35.1 Å². The molecule has 2 amide bonds. The van der Waals surface area contributed by atoms with E-state index < -0.39 is 11.8 Å². The van der Waals surface area contributed by atoms with E-state index in [9.17, 15) is 14.4 Å². The predicted octanol–water partition coefficient (Wildman–Crippen LogP) is 7.38. The van der Waals surface area contributed by atoms with E-state index in [2.05, 4.69) is 31.2 Å². The van der Waals surface area contributed by atoms with Crippen molar-refractivity contribution in [2.75, 3.05) is 11.5 Å². The lowest BCUT2D eigenvalue weighted by atomic mass is 9.55. The van der Waals surface area contributed by atoms with Gasteiger partial charge in [-0.25, -0.2) is 9.69 Å². The minimum absolute atomic E-state index is 0.130. The molecule has 3 aromatic rings. The van der Waals surface area contributed by atoms with Gasteiger partial charge >= 0.3 is 5.97 Å². The van der Waals surface area contributed by atoms with Gasteiger partial charge in [-0.1, -0.05) is 100 Å². The molecular formula is C35H37NO4. The molecule has 3 aromatic carbocycles. The number of esters is 1. The first-order valence-electron chi connectivity index (χ1n) is 14.9. The van der Waals surface area contributed by atoms with Crippen molar-refractivity contribution in [2.24, 2.45) is 11.8 Å². The van der Waals surface area contributed by atoms with Gasteiger partial charge in [0.1, 0.15) is 0 Å². The fourth-order valence-corrected chi connectivity index (χ4v) is 7.16. The predicted molar refractivity (Wildman–Crippen MR) is 155 cm³/mol. The van der Waals surface area contributed by atoms with Gasteiger partial charge in [-0.05, 0) is 52.9 Å². The number of ether oxygens (including phenoxy) is 1. The summed E-state index contributed by atoms with van der Waals surface area (Å²) in [5, 5.41) is 0. The second-order valence-electron chi connectivity index (χ2n) is 11.4. The molecule has 0 spiro atoms. The zero-order valence-corrected chi connectivity index (χ0v) is 23.2. The standard InChI is InChI=1S/C35H37NO4/c1-2-3-4-5-6-7-8-13-22-40-35(39)23-18-20-24(21-19-23)36-33(37)31-29-25-14-9-10-15-26(25)30(32(31)34(36)38)28-17-12-11-16-27(28)29/h9-12,14-21,29-32H,2-8,13,22H2,1H3. The van der Waals surface area contributed by atoms with Crippen LogP contribution in [-0.2, 0) is 14.3 Å². The van der Waals surface area contributed by atoms with E-state index >= 15 is 0 Å². The van der Waals surface area contributed by atoms with Crippen molar-refractivity contribution in [1.82, 2.24) is 0 Å². The maximum absolute atomic E-state index is 13.9. The third-order valence-electron chi connectivity index (χ3n) is 9.04. The molecule has 40 heavy (non-hydrogen) atoms. The Balaban J connectivity index is 1.12. The maximum atomic E-state index is 13.9. The van der Waals surface area contributed by atoms with Crippen LogP contribution in [0.5, 0.6) is 0 Å². The Bertz CT molecular complexity index is 1300. The lowest BCUT2D eigenvalue weighted by Crippen LogP contribution is -2.41. The van der Waals surface area contributed by atoms with Gasteiger partial charge in [0, 0.05) is 11.8 Å². The lowest BCUT2D eigenvalue weighted by molar-refractivity contribution is -0.122. The summed E-state index contributed by atoms with van der Waals surface area (Å²) in [5.74, 6) is -1.77. The Labute approximate surface area is 236 Å². The van der Waals surface area contributed by atoms with Crippen LogP contribution in [0.3, 0.4) is 0 Å². The average molecular weight is 536 g/mol. The number of nitrogens with zero attached hydrogens (tertiary/aromatic N) is 1. The van der Waals surface area contributed by atoms with E-state index in [1.807, 2.05) is 24.3 Å². The molecule has 2 atom stereocenters. The van der Waals surface area contributed by atoms with Crippen LogP contribution < -0.4 is 4.90 Å². The number of imide groups is 1. The number of amides is 2. The highest BCUT2D eigenvalue weighted by molar-refractivity contribution is 6.23. The molecule has 1 heterocycles. The molecule has 1 fully saturated rings. The summed E-state index contributed by atoms with van der Waals surface area (Å²) in [4.78, 5) is 41.7. The number of hydrogen-bond acceptors (Lipinski definition) is 4. The van der Waals surface area contributed by atoms with E-state index in [0.29, 0.717) is 17.9 Å². The second kappa shape index (κ2) is 11.4. The van der Waals surface area contributed by atoms with Crippen molar-refractivity contribution in [3.63, 3.8) is 0 Å². The Morgan fingerprint density at radius 3 is 1.57 bits per heavy atom. The highest BCUT2D eigenvalue weighted by Gasteiger charge is 2.61. The number of benzene rings is 3. The number of anilines is 1. The van der Waals surface area contributed by atoms with Crippen LogP contribution in [0.4, 0.5) is 5.69 Å². The molecule has 2 bridgehead atoms. The van der Waals surface area contributed by atoms with Crippen LogP contribution >= 0.6 is 0 Å². The summed E-state index contributed by atoms with van der Waals surface area (Å²) in [7, 11) is 0. The van der Waals surface area contributed by atoms with Crippen LogP contribution in [0.15, 0.2) is 72.8 Å². The van der Waals surface area contributed by atoms with Gasteiger partial charge in [0.15, 0.2) is 0 Å². The van der Waals surface area contributed by atoms with Gasteiger partial charge in [-0.2, -0.15) is 0 Å².